The van der Waals surface area contributed by atoms with E-state index in [0.717, 1.165) is 6.42 Å². The van der Waals surface area contributed by atoms with Crippen LogP contribution in [0.5, 0.6) is 0 Å². The molecule has 0 amide bonds. The maximum Gasteiger partial charge on any atom is 0.401 e. The Morgan fingerprint density at radius 1 is 1.33 bits per heavy atom. The van der Waals surface area contributed by atoms with E-state index in [4.69, 9.17) is 4.74 Å². The molecule has 1 saturated heterocycles. The number of esters is 1. The zero-order valence-electron chi connectivity index (χ0n) is 10.6. The number of halogens is 3. The fourth-order valence-corrected chi connectivity index (χ4v) is 2.05. The first-order valence-electron chi connectivity index (χ1n) is 6.35. The summed E-state index contributed by atoms with van der Waals surface area (Å²) in [5, 5.41) is 0. The molecule has 0 radical (unpaired) electrons. The smallest absolute Gasteiger partial charge is 0.401 e. The number of alkyl halides is 3. The fourth-order valence-electron chi connectivity index (χ4n) is 2.05. The number of rotatable bonds is 5. The van der Waals surface area contributed by atoms with Gasteiger partial charge >= 0.3 is 12.1 Å². The molecule has 1 aliphatic rings. The van der Waals surface area contributed by atoms with Crippen molar-refractivity contribution in [1.29, 1.82) is 0 Å². The van der Waals surface area contributed by atoms with Gasteiger partial charge in [-0.1, -0.05) is 6.92 Å². The van der Waals surface area contributed by atoms with Gasteiger partial charge in [0.1, 0.15) is 0 Å². The average molecular weight is 267 g/mol. The van der Waals surface area contributed by atoms with Gasteiger partial charge in [0.15, 0.2) is 0 Å². The van der Waals surface area contributed by atoms with Gasteiger partial charge in [-0.05, 0) is 38.3 Å². The van der Waals surface area contributed by atoms with E-state index in [2.05, 4.69) is 0 Å². The molecular formula is C12H20F3NO2. The predicted octanol–water partition coefficient (Wildman–Crippen LogP) is 2.60. The van der Waals surface area contributed by atoms with Gasteiger partial charge < -0.3 is 4.74 Å². The molecule has 1 aliphatic heterocycles. The molecule has 18 heavy (non-hydrogen) atoms. The number of hydrogen-bond acceptors (Lipinski definition) is 3. The highest BCUT2D eigenvalue weighted by Crippen LogP contribution is 2.22. The highest BCUT2D eigenvalue weighted by molar-refractivity contribution is 5.69. The van der Waals surface area contributed by atoms with E-state index < -0.39 is 12.7 Å². The molecule has 1 fully saturated rings. The van der Waals surface area contributed by atoms with Crippen molar-refractivity contribution in [3.63, 3.8) is 0 Å². The van der Waals surface area contributed by atoms with Crippen LogP contribution in [0.3, 0.4) is 0 Å². The highest BCUT2D eigenvalue weighted by Gasteiger charge is 2.32. The minimum absolute atomic E-state index is 0.204. The Balaban J connectivity index is 2.17. The third-order valence-corrected chi connectivity index (χ3v) is 3.04. The van der Waals surface area contributed by atoms with E-state index in [-0.39, 0.29) is 11.9 Å². The van der Waals surface area contributed by atoms with Crippen LogP contribution in [0.25, 0.3) is 0 Å². The summed E-state index contributed by atoms with van der Waals surface area (Å²) in [7, 11) is 0. The Hall–Kier alpha value is -0.780. The number of hydrogen-bond donors (Lipinski definition) is 0. The van der Waals surface area contributed by atoms with Crippen molar-refractivity contribution in [1.82, 2.24) is 4.90 Å². The molecular weight excluding hydrogens is 247 g/mol. The van der Waals surface area contributed by atoms with Crippen molar-refractivity contribution in [2.45, 2.75) is 38.8 Å². The Morgan fingerprint density at radius 2 is 1.94 bits per heavy atom. The topological polar surface area (TPSA) is 29.5 Å². The number of carbonyl (C=O) groups is 1. The fraction of sp³-hybridized carbons (Fsp3) is 0.917. The van der Waals surface area contributed by atoms with Gasteiger partial charge in [0.2, 0.25) is 0 Å². The second-order valence-corrected chi connectivity index (χ2v) is 4.77. The van der Waals surface area contributed by atoms with Crippen molar-refractivity contribution in [2.24, 2.45) is 5.92 Å². The van der Waals surface area contributed by atoms with Gasteiger partial charge in [-0.3, -0.25) is 9.69 Å². The number of ether oxygens (including phenoxy) is 1. The van der Waals surface area contributed by atoms with Gasteiger partial charge in [0.25, 0.3) is 0 Å². The van der Waals surface area contributed by atoms with Gasteiger partial charge in [-0.2, -0.15) is 13.2 Å². The lowest BCUT2D eigenvalue weighted by Gasteiger charge is -2.31. The normalized spacial score (nSPS) is 18.9. The van der Waals surface area contributed by atoms with Gasteiger partial charge in [0.05, 0.1) is 13.2 Å². The Kier molecular flexibility index (Phi) is 5.91. The van der Waals surface area contributed by atoms with Crippen LogP contribution in [0, 0.1) is 5.92 Å². The summed E-state index contributed by atoms with van der Waals surface area (Å²) >= 11 is 0. The van der Waals surface area contributed by atoms with Gasteiger partial charge in [-0.15, -0.1) is 0 Å². The maximum absolute atomic E-state index is 12.2. The monoisotopic (exact) mass is 267 g/mol. The number of carbonyl (C=O) groups excluding carboxylic acids is 1. The SMILES string of the molecule is CCCC(=O)OCC1CCN(CC(F)(F)F)CC1. The average Bonchev–Trinajstić information content (AvgIpc) is 2.26. The van der Waals surface area contributed by atoms with Crippen LogP contribution in [-0.2, 0) is 9.53 Å². The summed E-state index contributed by atoms with van der Waals surface area (Å²) in [6, 6.07) is 0. The van der Waals surface area contributed by atoms with E-state index in [1.54, 1.807) is 0 Å². The first-order valence-corrected chi connectivity index (χ1v) is 6.35. The minimum Gasteiger partial charge on any atom is -0.465 e. The molecule has 0 bridgehead atoms. The van der Waals surface area contributed by atoms with Crippen LogP contribution in [0.1, 0.15) is 32.6 Å². The van der Waals surface area contributed by atoms with Crippen molar-refractivity contribution < 1.29 is 22.7 Å². The first kappa shape index (κ1) is 15.3. The Bertz CT molecular complexity index is 261. The number of nitrogens with zero attached hydrogens (tertiary/aromatic N) is 1. The third kappa shape index (κ3) is 6.23. The van der Waals surface area contributed by atoms with Crippen molar-refractivity contribution in [2.75, 3.05) is 26.2 Å². The molecule has 6 heteroatoms. The summed E-state index contributed by atoms with van der Waals surface area (Å²) in [6.07, 6.45) is -1.64. The van der Waals surface area contributed by atoms with E-state index in [1.165, 1.54) is 4.90 Å². The van der Waals surface area contributed by atoms with E-state index in [9.17, 15) is 18.0 Å². The third-order valence-electron chi connectivity index (χ3n) is 3.04. The van der Waals surface area contributed by atoms with Crippen LogP contribution in [0.2, 0.25) is 0 Å². The van der Waals surface area contributed by atoms with Crippen LogP contribution >= 0.6 is 0 Å². The van der Waals surface area contributed by atoms with Crippen molar-refractivity contribution in [3.8, 4) is 0 Å². The molecule has 1 heterocycles. The lowest BCUT2D eigenvalue weighted by Crippen LogP contribution is -2.40. The van der Waals surface area contributed by atoms with E-state index in [0.29, 0.717) is 39.0 Å². The molecule has 3 nitrogen and oxygen atoms in total. The van der Waals surface area contributed by atoms with Crippen LogP contribution in [0.15, 0.2) is 0 Å². The minimum atomic E-state index is -4.12. The zero-order valence-corrected chi connectivity index (χ0v) is 10.6. The molecule has 0 aromatic heterocycles. The second-order valence-electron chi connectivity index (χ2n) is 4.77. The van der Waals surface area contributed by atoms with Crippen LogP contribution in [-0.4, -0.2) is 43.3 Å². The van der Waals surface area contributed by atoms with E-state index in [1.807, 2.05) is 6.92 Å². The molecule has 1 rings (SSSR count). The first-order chi connectivity index (χ1) is 8.40. The Morgan fingerprint density at radius 3 is 2.44 bits per heavy atom. The summed E-state index contributed by atoms with van der Waals surface area (Å²) < 4.78 is 41.6. The highest BCUT2D eigenvalue weighted by atomic mass is 19.4. The largest absolute Gasteiger partial charge is 0.465 e. The molecule has 0 N–H and O–H groups in total. The summed E-state index contributed by atoms with van der Waals surface area (Å²) in [4.78, 5) is 12.6. The number of piperidine rings is 1. The zero-order chi connectivity index (χ0) is 13.6. The van der Waals surface area contributed by atoms with Crippen molar-refractivity contribution >= 4 is 5.97 Å². The van der Waals surface area contributed by atoms with Crippen molar-refractivity contribution in [3.05, 3.63) is 0 Å². The Labute approximate surface area is 105 Å². The summed E-state index contributed by atoms with van der Waals surface area (Å²) in [6.45, 7) is 2.26. The standard InChI is InChI=1S/C12H20F3NO2/c1-2-3-11(17)18-8-10-4-6-16(7-5-10)9-12(13,14)15/h10H,2-9H2,1H3. The molecule has 0 atom stereocenters. The predicted molar refractivity (Wildman–Crippen MR) is 61.1 cm³/mol. The molecule has 0 spiro atoms. The molecule has 106 valence electrons. The molecule has 0 aliphatic carbocycles. The van der Waals surface area contributed by atoms with E-state index >= 15 is 0 Å². The van der Waals surface area contributed by atoms with Gasteiger partial charge in [0, 0.05) is 6.42 Å². The second kappa shape index (κ2) is 6.97. The molecule has 0 aromatic carbocycles. The lowest BCUT2D eigenvalue weighted by atomic mass is 9.98. The quantitative estimate of drug-likeness (QED) is 0.717. The maximum atomic E-state index is 12.2. The summed E-state index contributed by atoms with van der Waals surface area (Å²) in [5.74, 6) is -0.00879. The van der Waals surface area contributed by atoms with Crippen LogP contribution < -0.4 is 0 Å². The van der Waals surface area contributed by atoms with Crippen LogP contribution in [0.4, 0.5) is 13.2 Å². The lowest BCUT2D eigenvalue weighted by molar-refractivity contribution is -0.150. The summed E-state index contributed by atoms with van der Waals surface area (Å²) in [5.41, 5.74) is 0. The molecule has 0 unspecified atom stereocenters. The molecule has 0 aromatic rings. The van der Waals surface area contributed by atoms with Gasteiger partial charge in [-0.25, -0.2) is 0 Å². The molecule has 0 saturated carbocycles. The number of likely N-dealkylation sites (tertiary alicyclic amines) is 1.